The number of carbonyl (C=O) groups is 2. The maximum Gasteiger partial charge on any atom is 0.273 e. The van der Waals surface area contributed by atoms with Crippen molar-refractivity contribution in [2.75, 3.05) is 26.2 Å². The molecule has 0 bridgehead atoms. The van der Waals surface area contributed by atoms with Crippen molar-refractivity contribution in [3.05, 3.63) is 75.3 Å². The largest absolute Gasteiger partial charge is 0.335 e. The van der Waals surface area contributed by atoms with Gasteiger partial charge < -0.3 is 9.80 Å². The third-order valence-electron chi connectivity index (χ3n) is 4.61. The zero-order valence-electron chi connectivity index (χ0n) is 14.4. The first kappa shape index (κ1) is 17.6. The maximum absolute atomic E-state index is 12.7. The Bertz CT molecular complexity index is 843. The monoisotopic (exact) mass is 353 g/mol. The lowest BCUT2D eigenvalue weighted by molar-refractivity contribution is -0.385. The SMILES string of the molecule is Cc1c(C(=O)N2CCN(C(=O)c3ccccc3)CC2)cccc1[N+](=O)[O-]. The Labute approximate surface area is 151 Å². The molecule has 1 heterocycles. The Morgan fingerprint density at radius 1 is 0.885 bits per heavy atom. The van der Waals surface area contributed by atoms with Gasteiger partial charge in [-0.25, -0.2) is 0 Å². The molecule has 2 amide bonds. The number of amides is 2. The number of rotatable bonds is 3. The molecule has 1 aliphatic rings. The number of nitro benzene ring substituents is 1. The molecular weight excluding hydrogens is 334 g/mol. The Balaban J connectivity index is 1.69. The van der Waals surface area contributed by atoms with Crippen LogP contribution in [0.1, 0.15) is 26.3 Å². The van der Waals surface area contributed by atoms with Crippen LogP contribution in [-0.4, -0.2) is 52.7 Å². The van der Waals surface area contributed by atoms with E-state index in [0.717, 1.165) is 0 Å². The molecule has 2 aromatic rings. The standard InChI is InChI=1S/C19H19N3O4/c1-14-16(8-5-9-17(14)22(25)26)19(24)21-12-10-20(11-13-21)18(23)15-6-3-2-4-7-15/h2-9H,10-13H2,1H3. The average molecular weight is 353 g/mol. The van der Waals surface area contributed by atoms with Crippen LogP contribution in [0.5, 0.6) is 0 Å². The number of hydrogen-bond acceptors (Lipinski definition) is 4. The van der Waals surface area contributed by atoms with Gasteiger partial charge in [0.05, 0.1) is 4.92 Å². The highest BCUT2D eigenvalue weighted by molar-refractivity contribution is 5.97. The molecule has 0 aromatic heterocycles. The summed E-state index contributed by atoms with van der Waals surface area (Å²) in [6, 6.07) is 13.5. The molecule has 3 rings (SSSR count). The quantitative estimate of drug-likeness (QED) is 0.627. The lowest BCUT2D eigenvalue weighted by atomic mass is 10.1. The van der Waals surface area contributed by atoms with Gasteiger partial charge in [0.2, 0.25) is 0 Å². The molecule has 0 N–H and O–H groups in total. The lowest BCUT2D eigenvalue weighted by Crippen LogP contribution is -2.50. The van der Waals surface area contributed by atoms with Crippen LogP contribution < -0.4 is 0 Å². The van der Waals surface area contributed by atoms with E-state index >= 15 is 0 Å². The van der Waals surface area contributed by atoms with E-state index < -0.39 is 4.92 Å². The van der Waals surface area contributed by atoms with E-state index in [1.54, 1.807) is 34.9 Å². The first-order chi connectivity index (χ1) is 12.5. The highest BCUT2D eigenvalue weighted by Gasteiger charge is 2.27. The molecule has 7 nitrogen and oxygen atoms in total. The number of nitro groups is 1. The van der Waals surface area contributed by atoms with Crippen molar-refractivity contribution < 1.29 is 14.5 Å². The molecule has 0 atom stereocenters. The van der Waals surface area contributed by atoms with Crippen LogP contribution in [0.15, 0.2) is 48.5 Å². The van der Waals surface area contributed by atoms with Crippen LogP contribution in [0.4, 0.5) is 5.69 Å². The van der Waals surface area contributed by atoms with Gasteiger partial charge in [-0.1, -0.05) is 24.3 Å². The number of carbonyl (C=O) groups excluding carboxylic acids is 2. The smallest absolute Gasteiger partial charge is 0.273 e. The topological polar surface area (TPSA) is 83.8 Å². The van der Waals surface area contributed by atoms with E-state index in [2.05, 4.69) is 0 Å². The number of piperazine rings is 1. The van der Waals surface area contributed by atoms with Crippen molar-refractivity contribution in [3.63, 3.8) is 0 Å². The highest BCUT2D eigenvalue weighted by atomic mass is 16.6. The fourth-order valence-corrected chi connectivity index (χ4v) is 3.10. The number of benzene rings is 2. The predicted molar refractivity (Wildman–Crippen MR) is 96.1 cm³/mol. The Hall–Kier alpha value is -3.22. The van der Waals surface area contributed by atoms with Gasteiger partial charge >= 0.3 is 0 Å². The zero-order valence-corrected chi connectivity index (χ0v) is 14.4. The van der Waals surface area contributed by atoms with Crippen molar-refractivity contribution in [1.82, 2.24) is 9.80 Å². The lowest BCUT2D eigenvalue weighted by Gasteiger charge is -2.35. The zero-order chi connectivity index (χ0) is 18.7. The summed E-state index contributed by atoms with van der Waals surface area (Å²) in [5, 5.41) is 11.1. The second-order valence-corrected chi connectivity index (χ2v) is 6.16. The van der Waals surface area contributed by atoms with Crippen LogP contribution in [0.25, 0.3) is 0 Å². The second kappa shape index (κ2) is 7.35. The molecule has 2 aromatic carbocycles. The predicted octanol–water partition coefficient (Wildman–Crippen LogP) is 2.50. The first-order valence-corrected chi connectivity index (χ1v) is 8.36. The summed E-state index contributed by atoms with van der Waals surface area (Å²) >= 11 is 0. The Morgan fingerprint density at radius 2 is 1.46 bits per heavy atom. The van der Waals surface area contributed by atoms with E-state index in [9.17, 15) is 19.7 Å². The molecule has 0 radical (unpaired) electrons. The number of nitrogens with zero attached hydrogens (tertiary/aromatic N) is 3. The van der Waals surface area contributed by atoms with Gasteiger partial charge in [0.25, 0.3) is 17.5 Å². The van der Waals surface area contributed by atoms with Crippen LogP contribution in [0.2, 0.25) is 0 Å². The summed E-state index contributed by atoms with van der Waals surface area (Å²) in [6.07, 6.45) is 0. The van der Waals surface area contributed by atoms with Gasteiger partial charge in [-0.05, 0) is 25.1 Å². The second-order valence-electron chi connectivity index (χ2n) is 6.16. The van der Waals surface area contributed by atoms with Crippen molar-refractivity contribution in [2.45, 2.75) is 6.92 Å². The molecule has 1 aliphatic heterocycles. The van der Waals surface area contributed by atoms with E-state index in [-0.39, 0.29) is 17.5 Å². The summed E-state index contributed by atoms with van der Waals surface area (Å²) in [6.45, 7) is 3.26. The summed E-state index contributed by atoms with van der Waals surface area (Å²) in [5.74, 6) is -0.290. The Kier molecular flexibility index (Phi) is 4.97. The van der Waals surface area contributed by atoms with E-state index in [1.807, 2.05) is 18.2 Å². The Morgan fingerprint density at radius 3 is 2.04 bits per heavy atom. The fraction of sp³-hybridized carbons (Fsp3) is 0.263. The van der Waals surface area contributed by atoms with Gasteiger partial charge in [-0.3, -0.25) is 19.7 Å². The van der Waals surface area contributed by atoms with E-state index in [0.29, 0.717) is 42.9 Å². The van der Waals surface area contributed by atoms with Gasteiger partial charge in [0.1, 0.15) is 0 Å². The molecule has 0 unspecified atom stereocenters. The third kappa shape index (κ3) is 3.42. The first-order valence-electron chi connectivity index (χ1n) is 8.36. The summed E-state index contributed by atoms with van der Waals surface area (Å²) in [5.41, 5.74) is 1.27. The number of hydrogen-bond donors (Lipinski definition) is 0. The van der Waals surface area contributed by atoms with Crippen LogP contribution in [0, 0.1) is 17.0 Å². The molecular formula is C19H19N3O4. The maximum atomic E-state index is 12.7. The molecule has 0 spiro atoms. The van der Waals surface area contributed by atoms with Gasteiger partial charge in [-0.2, -0.15) is 0 Å². The molecule has 134 valence electrons. The fourth-order valence-electron chi connectivity index (χ4n) is 3.10. The summed E-state index contributed by atoms with van der Waals surface area (Å²) in [7, 11) is 0. The van der Waals surface area contributed by atoms with Crippen molar-refractivity contribution in [1.29, 1.82) is 0 Å². The van der Waals surface area contributed by atoms with Gasteiger partial charge in [0, 0.05) is 48.9 Å². The van der Waals surface area contributed by atoms with Crippen molar-refractivity contribution in [2.24, 2.45) is 0 Å². The molecule has 1 fully saturated rings. The van der Waals surface area contributed by atoms with E-state index in [4.69, 9.17) is 0 Å². The highest BCUT2D eigenvalue weighted by Crippen LogP contribution is 2.23. The molecule has 0 aliphatic carbocycles. The van der Waals surface area contributed by atoms with Crippen molar-refractivity contribution >= 4 is 17.5 Å². The van der Waals surface area contributed by atoms with Crippen LogP contribution >= 0.6 is 0 Å². The molecule has 26 heavy (non-hydrogen) atoms. The minimum absolute atomic E-state index is 0.0516. The van der Waals surface area contributed by atoms with Gasteiger partial charge in [0.15, 0.2) is 0 Å². The molecule has 7 heteroatoms. The molecule has 1 saturated heterocycles. The third-order valence-corrected chi connectivity index (χ3v) is 4.61. The normalized spacial score (nSPS) is 14.2. The van der Waals surface area contributed by atoms with Crippen molar-refractivity contribution in [3.8, 4) is 0 Å². The van der Waals surface area contributed by atoms with Gasteiger partial charge in [-0.15, -0.1) is 0 Å². The summed E-state index contributed by atoms with van der Waals surface area (Å²) in [4.78, 5) is 39.1. The van der Waals surface area contributed by atoms with E-state index in [1.165, 1.54) is 12.1 Å². The van der Waals surface area contributed by atoms with Crippen LogP contribution in [0.3, 0.4) is 0 Å². The minimum atomic E-state index is -0.484. The average Bonchev–Trinajstić information content (AvgIpc) is 2.67. The summed E-state index contributed by atoms with van der Waals surface area (Å²) < 4.78 is 0. The van der Waals surface area contributed by atoms with Crippen LogP contribution in [-0.2, 0) is 0 Å². The minimum Gasteiger partial charge on any atom is -0.335 e. The molecule has 0 saturated carbocycles.